The van der Waals surface area contributed by atoms with Crippen molar-refractivity contribution in [2.45, 2.75) is 38.1 Å². The van der Waals surface area contributed by atoms with E-state index in [1.807, 2.05) is 0 Å². The molecule has 2 nitrogen and oxygen atoms in total. The Balaban J connectivity index is 1.83. The van der Waals surface area contributed by atoms with Crippen molar-refractivity contribution in [3.8, 4) is 5.75 Å². The number of aryl methyl sites for hydroxylation is 1. The third kappa shape index (κ3) is 4.22. The minimum absolute atomic E-state index is 0.162. The zero-order valence-electron chi connectivity index (χ0n) is 9.96. The molecule has 1 aromatic rings. The summed E-state index contributed by atoms with van der Waals surface area (Å²) >= 11 is 0. The first kappa shape index (κ1) is 13.2. The Kier molecular flexibility index (Phi) is 4.11. The molecule has 0 aliphatic carbocycles. The van der Waals surface area contributed by atoms with Gasteiger partial charge in [0, 0.05) is 6.04 Å². The zero-order chi connectivity index (χ0) is 13.0. The van der Waals surface area contributed by atoms with E-state index in [0.29, 0.717) is 6.04 Å². The Morgan fingerprint density at radius 2 is 1.94 bits per heavy atom. The lowest BCUT2D eigenvalue weighted by Gasteiger charge is -2.11. The summed E-state index contributed by atoms with van der Waals surface area (Å²) in [7, 11) is 0. The Hall–Kier alpha value is -1.23. The van der Waals surface area contributed by atoms with Gasteiger partial charge in [0.15, 0.2) is 0 Å². The van der Waals surface area contributed by atoms with Gasteiger partial charge < -0.3 is 10.1 Å². The number of hydrogen-bond donors (Lipinski definition) is 1. The first-order valence-corrected chi connectivity index (χ1v) is 6.11. The monoisotopic (exact) mass is 259 g/mol. The lowest BCUT2D eigenvalue weighted by atomic mass is 10.0. The molecule has 0 saturated carbocycles. The second-order valence-electron chi connectivity index (χ2n) is 4.52. The van der Waals surface area contributed by atoms with Crippen LogP contribution in [0.3, 0.4) is 0 Å². The number of hydrogen-bond acceptors (Lipinski definition) is 2. The molecule has 0 spiro atoms. The minimum Gasteiger partial charge on any atom is -0.406 e. The van der Waals surface area contributed by atoms with Gasteiger partial charge in [0.25, 0.3) is 0 Å². The molecule has 0 bridgehead atoms. The van der Waals surface area contributed by atoms with E-state index in [2.05, 4.69) is 10.1 Å². The van der Waals surface area contributed by atoms with E-state index in [0.717, 1.165) is 24.9 Å². The maximum absolute atomic E-state index is 12.0. The van der Waals surface area contributed by atoms with Crippen molar-refractivity contribution in [2.75, 3.05) is 6.54 Å². The Morgan fingerprint density at radius 3 is 2.50 bits per heavy atom. The van der Waals surface area contributed by atoms with Gasteiger partial charge in [-0.15, -0.1) is 13.2 Å². The maximum atomic E-state index is 12.0. The third-order valence-electron chi connectivity index (χ3n) is 3.10. The number of nitrogens with one attached hydrogen (secondary N) is 1. The van der Waals surface area contributed by atoms with Crippen LogP contribution in [0.4, 0.5) is 13.2 Å². The first-order valence-electron chi connectivity index (χ1n) is 6.11. The van der Waals surface area contributed by atoms with Gasteiger partial charge in [-0.05, 0) is 49.9 Å². The van der Waals surface area contributed by atoms with Crippen LogP contribution in [0, 0.1) is 0 Å². The number of halogens is 3. The fourth-order valence-electron chi connectivity index (χ4n) is 2.20. The van der Waals surface area contributed by atoms with Gasteiger partial charge in [-0.3, -0.25) is 0 Å². The molecule has 0 amide bonds. The largest absolute Gasteiger partial charge is 0.573 e. The molecule has 1 atom stereocenters. The number of benzene rings is 1. The summed E-state index contributed by atoms with van der Waals surface area (Å²) in [5, 5.41) is 3.40. The molecule has 100 valence electrons. The Morgan fingerprint density at radius 1 is 1.22 bits per heavy atom. The summed E-state index contributed by atoms with van der Waals surface area (Å²) in [5.74, 6) is -0.162. The molecule has 1 fully saturated rings. The van der Waals surface area contributed by atoms with Crippen molar-refractivity contribution in [3.63, 3.8) is 0 Å². The van der Waals surface area contributed by atoms with E-state index in [9.17, 15) is 13.2 Å². The summed E-state index contributed by atoms with van der Waals surface area (Å²) in [6.07, 6.45) is -0.309. The lowest BCUT2D eigenvalue weighted by molar-refractivity contribution is -0.274. The van der Waals surface area contributed by atoms with Crippen LogP contribution in [0.15, 0.2) is 24.3 Å². The standard InChI is InChI=1S/C13H16F3NO/c14-13(15,16)18-12-7-4-10(5-8-12)3-6-11-2-1-9-17-11/h4-5,7-8,11,17H,1-3,6,9H2. The minimum atomic E-state index is -4.62. The smallest absolute Gasteiger partial charge is 0.406 e. The molecule has 1 aliphatic rings. The molecule has 1 heterocycles. The third-order valence-corrected chi connectivity index (χ3v) is 3.10. The van der Waals surface area contributed by atoms with Crippen LogP contribution in [-0.2, 0) is 6.42 Å². The Labute approximate surface area is 104 Å². The van der Waals surface area contributed by atoms with Gasteiger partial charge >= 0.3 is 6.36 Å². The highest BCUT2D eigenvalue weighted by molar-refractivity contribution is 5.27. The van der Waals surface area contributed by atoms with E-state index in [1.54, 1.807) is 12.1 Å². The van der Waals surface area contributed by atoms with Crippen molar-refractivity contribution < 1.29 is 17.9 Å². The van der Waals surface area contributed by atoms with E-state index >= 15 is 0 Å². The van der Waals surface area contributed by atoms with Gasteiger partial charge in [0.1, 0.15) is 5.75 Å². The van der Waals surface area contributed by atoms with Gasteiger partial charge in [0.05, 0.1) is 0 Å². The van der Waals surface area contributed by atoms with Crippen LogP contribution in [0.5, 0.6) is 5.75 Å². The Bertz CT molecular complexity index is 369. The van der Waals surface area contributed by atoms with Crippen LogP contribution >= 0.6 is 0 Å². The van der Waals surface area contributed by atoms with E-state index < -0.39 is 6.36 Å². The zero-order valence-corrected chi connectivity index (χ0v) is 9.96. The number of ether oxygens (including phenoxy) is 1. The summed E-state index contributed by atoms with van der Waals surface area (Å²) in [6.45, 7) is 1.07. The lowest BCUT2D eigenvalue weighted by Crippen LogP contribution is -2.21. The number of rotatable bonds is 4. The topological polar surface area (TPSA) is 21.3 Å². The van der Waals surface area contributed by atoms with Crippen molar-refractivity contribution in [1.29, 1.82) is 0 Å². The molecule has 1 saturated heterocycles. The number of alkyl halides is 3. The second-order valence-corrected chi connectivity index (χ2v) is 4.52. The average Bonchev–Trinajstić information content (AvgIpc) is 2.79. The van der Waals surface area contributed by atoms with E-state index in [1.165, 1.54) is 25.0 Å². The SMILES string of the molecule is FC(F)(F)Oc1ccc(CCC2CCCN2)cc1. The maximum Gasteiger partial charge on any atom is 0.573 e. The van der Waals surface area contributed by atoms with Crippen molar-refractivity contribution in [1.82, 2.24) is 5.32 Å². The fourth-order valence-corrected chi connectivity index (χ4v) is 2.20. The molecular weight excluding hydrogens is 243 g/mol. The molecule has 18 heavy (non-hydrogen) atoms. The molecule has 5 heteroatoms. The van der Waals surface area contributed by atoms with Gasteiger partial charge in [-0.25, -0.2) is 0 Å². The quantitative estimate of drug-likeness (QED) is 0.896. The first-order chi connectivity index (χ1) is 8.53. The van der Waals surface area contributed by atoms with Crippen LogP contribution in [0.25, 0.3) is 0 Å². The predicted molar refractivity (Wildman–Crippen MR) is 62.5 cm³/mol. The van der Waals surface area contributed by atoms with E-state index in [-0.39, 0.29) is 5.75 Å². The summed E-state index contributed by atoms with van der Waals surface area (Å²) < 4.78 is 39.7. The summed E-state index contributed by atoms with van der Waals surface area (Å²) in [6, 6.07) is 6.66. The van der Waals surface area contributed by atoms with Crippen molar-refractivity contribution in [2.24, 2.45) is 0 Å². The normalized spacial score (nSPS) is 20.1. The van der Waals surface area contributed by atoms with Crippen LogP contribution < -0.4 is 10.1 Å². The second kappa shape index (κ2) is 5.61. The molecular formula is C13H16F3NO. The van der Waals surface area contributed by atoms with Crippen molar-refractivity contribution in [3.05, 3.63) is 29.8 Å². The molecule has 0 aromatic heterocycles. The molecule has 1 aliphatic heterocycles. The molecule has 1 aromatic carbocycles. The van der Waals surface area contributed by atoms with Gasteiger partial charge in [-0.2, -0.15) is 0 Å². The van der Waals surface area contributed by atoms with Gasteiger partial charge in [-0.1, -0.05) is 12.1 Å². The molecule has 1 unspecified atom stereocenters. The molecule has 1 N–H and O–H groups in total. The highest BCUT2D eigenvalue weighted by Crippen LogP contribution is 2.23. The molecule has 0 radical (unpaired) electrons. The summed E-state index contributed by atoms with van der Waals surface area (Å²) in [5.41, 5.74) is 1.04. The predicted octanol–water partition coefficient (Wildman–Crippen LogP) is 3.27. The van der Waals surface area contributed by atoms with Crippen LogP contribution in [0.2, 0.25) is 0 Å². The highest BCUT2D eigenvalue weighted by Gasteiger charge is 2.30. The van der Waals surface area contributed by atoms with Gasteiger partial charge in [0.2, 0.25) is 0 Å². The van der Waals surface area contributed by atoms with E-state index in [4.69, 9.17) is 0 Å². The van der Waals surface area contributed by atoms with Crippen LogP contribution in [0.1, 0.15) is 24.8 Å². The molecule has 2 rings (SSSR count). The van der Waals surface area contributed by atoms with Crippen LogP contribution in [-0.4, -0.2) is 18.9 Å². The summed E-state index contributed by atoms with van der Waals surface area (Å²) in [4.78, 5) is 0. The average molecular weight is 259 g/mol. The highest BCUT2D eigenvalue weighted by atomic mass is 19.4. The van der Waals surface area contributed by atoms with Crippen molar-refractivity contribution >= 4 is 0 Å². The fraction of sp³-hybridized carbons (Fsp3) is 0.538.